The highest BCUT2D eigenvalue weighted by Crippen LogP contribution is 2.28. The SMILES string of the molecule is COC(=O)c1ccc(OC)c(S(=O)(=O)Cc2cccnc2)c1. The standard InChI is InChI=1S/C15H15NO5S/c1-20-13-6-5-12(15(17)21-2)8-14(13)22(18,19)10-11-4-3-7-16-9-11/h3-9H,10H2,1-2H3. The van der Waals surface area contributed by atoms with Gasteiger partial charge in [-0.2, -0.15) is 0 Å². The monoisotopic (exact) mass is 321 g/mol. The van der Waals surface area contributed by atoms with E-state index in [1.165, 1.54) is 38.6 Å². The summed E-state index contributed by atoms with van der Waals surface area (Å²) < 4.78 is 34.9. The number of sulfone groups is 1. The van der Waals surface area contributed by atoms with Gasteiger partial charge in [0, 0.05) is 12.4 Å². The van der Waals surface area contributed by atoms with E-state index in [9.17, 15) is 13.2 Å². The Morgan fingerprint density at radius 2 is 2.00 bits per heavy atom. The van der Waals surface area contributed by atoms with Crippen molar-refractivity contribution in [3.63, 3.8) is 0 Å². The number of carbonyl (C=O) groups is 1. The molecule has 0 unspecified atom stereocenters. The number of ether oxygens (including phenoxy) is 2. The number of methoxy groups -OCH3 is 2. The van der Waals surface area contributed by atoms with Gasteiger partial charge in [-0.05, 0) is 29.8 Å². The first-order chi connectivity index (χ1) is 10.5. The van der Waals surface area contributed by atoms with Crippen molar-refractivity contribution in [2.45, 2.75) is 10.6 Å². The van der Waals surface area contributed by atoms with Gasteiger partial charge < -0.3 is 9.47 Å². The summed E-state index contributed by atoms with van der Waals surface area (Å²) in [6.07, 6.45) is 3.04. The molecule has 1 heterocycles. The molecular weight excluding hydrogens is 306 g/mol. The summed E-state index contributed by atoms with van der Waals surface area (Å²) in [4.78, 5) is 15.4. The van der Waals surface area contributed by atoms with Crippen molar-refractivity contribution < 1.29 is 22.7 Å². The van der Waals surface area contributed by atoms with E-state index in [4.69, 9.17) is 4.74 Å². The first-order valence-corrected chi connectivity index (χ1v) is 8.01. The third kappa shape index (κ3) is 3.43. The molecule has 2 rings (SSSR count). The Bertz CT molecular complexity index is 772. The maximum Gasteiger partial charge on any atom is 0.337 e. The zero-order chi connectivity index (χ0) is 16.2. The molecule has 1 aromatic carbocycles. The Hall–Kier alpha value is -2.41. The topological polar surface area (TPSA) is 82.6 Å². The minimum atomic E-state index is -3.69. The van der Waals surface area contributed by atoms with Gasteiger partial charge in [0.05, 0.1) is 25.5 Å². The highest BCUT2D eigenvalue weighted by Gasteiger charge is 2.22. The van der Waals surface area contributed by atoms with Crippen LogP contribution in [0.15, 0.2) is 47.6 Å². The summed E-state index contributed by atoms with van der Waals surface area (Å²) in [7, 11) is -1.09. The van der Waals surface area contributed by atoms with Crippen LogP contribution >= 0.6 is 0 Å². The molecule has 0 aliphatic carbocycles. The normalized spacial score (nSPS) is 11.0. The van der Waals surface area contributed by atoms with E-state index >= 15 is 0 Å². The number of hydrogen-bond donors (Lipinski definition) is 0. The Kier molecular flexibility index (Phi) is 4.77. The van der Waals surface area contributed by atoms with E-state index in [2.05, 4.69) is 9.72 Å². The van der Waals surface area contributed by atoms with E-state index in [1.54, 1.807) is 18.3 Å². The van der Waals surface area contributed by atoms with E-state index in [0.717, 1.165) is 0 Å². The average molecular weight is 321 g/mol. The van der Waals surface area contributed by atoms with Crippen molar-refractivity contribution in [3.8, 4) is 5.75 Å². The second-order valence-corrected chi connectivity index (χ2v) is 6.44. The Balaban J connectivity index is 2.46. The molecule has 116 valence electrons. The fourth-order valence-electron chi connectivity index (χ4n) is 1.95. The molecule has 0 N–H and O–H groups in total. The maximum absolute atomic E-state index is 12.6. The molecule has 7 heteroatoms. The van der Waals surface area contributed by atoms with Gasteiger partial charge in [0.1, 0.15) is 10.6 Å². The Morgan fingerprint density at radius 1 is 1.23 bits per heavy atom. The minimum absolute atomic E-state index is 0.0539. The Morgan fingerprint density at radius 3 is 2.59 bits per heavy atom. The molecule has 1 aromatic heterocycles. The molecule has 0 bridgehead atoms. The second-order valence-electron chi connectivity index (χ2n) is 4.48. The third-order valence-corrected chi connectivity index (χ3v) is 4.70. The van der Waals surface area contributed by atoms with Crippen molar-refractivity contribution >= 4 is 15.8 Å². The van der Waals surface area contributed by atoms with Crippen LogP contribution in [0.2, 0.25) is 0 Å². The van der Waals surface area contributed by atoms with Crippen LogP contribution in [0.4, 0.5) is 0 Å². The first-order valence-electron chi connectivity index (χ1n) is 6.36. The number of aromatic nitrogens is 1. The molecule has 0 saturated carbocycles. The van der Waals surface area contributed by atoms with Crippen LogP contribution in [-0.2, 0) is 20.3 Å². The van der Waals surface area contributed by atoms with Crippen molar-refractivity contribution in [1.82, 2.24) is 4.98 Å². The lowest BCUT2D eigenvalue weighted by atomic mass is 10.2. The van der Waals surface area contributed by atoms with Crippen molar-refractivity contribution in [2.75, 3.05) is 14.2 Å². The van der Waals surface area contributed by atoms with Gasteiger partial charge in [-0.3, -0.25) is 4.98 Å². The van der Waals surface area contributed by atoms with Crippen LogP contribution in [0, 0.1) is 0 Å². The molecule has 22 heavy (non-hydrogen) atoms. The highest BCUT2D eigenvalue weighted by molar-refractivity contribution is 7.90. The molecule has 0 spiro atoms. The molecule has 0 amide bonds. The van der Waals surface area contributed by atoms with E-state index < -0.39 is 15.8 Å². The zero-order valence-corrected chi connectivity index (χ0v) is 13.0. The van der Waals surface area contributed by atoms with Crippen LogP contribution in [-0.4, -0.2) is 33.6 Å². The number of carbonyl (C=O) groups excluding carboxylic acids is 1. The molecule has 0 aliphatic rings. The fourth-order valence-corrected chi connectivity index (χ4v) is 3.47. The summed E-state index contributed by atoms with van der Waals surface area (Å²) in [5, 5.41) is 0. The van der Waals surface area contributed by atoms with Gasteiger partial charge in [0.25, 0.3) is 0 Å². The summed E-state index contributed by atoms with van der Waals surface area (Å²) in [6, 6.07) is 7.47. The summed E-state index contributed by atoms with van der Waals surface area (Å²) >= 11 is 0. The van der Waals surface area contributed by atoms with Crippen LogP contribution in [0.5, 0.6) is 5.75 Å². The summed E-state index contributed by atoms with van der Waals surface area (Å²) in [5.74, 6) is -0.668. The molecular formula is C15H15NO5S. The third-order valence-electron chi connectivity index (χ3n) is 3.00. The number of hydrogen-bond acceptors (Lipinski definition) is 6. The predicted octanol–water partition coefficient (Wildman–Crippen LogP) is 1.85. The lowest BCUT2D eigenvalue weighted by Gasteiger charge is -2.11. The van der Waals surface area contributed by atoms with E-state index in [0.29, 0.717) is 5.56 Å². The number of rotatable bonds is 5. The molecule has 0 fully saturated rings. The smallest absolute Gasteiger partial charge is 0.337 e. The van der Waals surface area contributed by atoms with Crippen LogP contribution in [0.25, 0.3) is 0 Å². The van der Waals surface area contributed by atoms with Crippen LogP contribution in [0.3, 0.4) is 0 Å². The van der Waals surface area contributed by atoms with Crippen molar-refractivity contribution in [3.05, 3.63) is 53.9 Å². The summed E-state index contributed by atoms with van der Waals surface area (Å²) in [5.41, 5.74) is 0.695. The van der Waals surface area contributed by atoms with Gasteiger partial charge >= 0.3 is 5.97 Å². The van der Waals surface area contributed by atoms with Gasteiger partial charge in [-0.15, -0.1) is 0 Å². The second kappa shape index (κ2) is 6.57. The molecule has 2 aromatic rings. The largest absolute Gasteiger partial charge is 0.495 e. The molecule has 6 nitrogen and oxygen atoms in total. The number of benzene rings is 1. The molecule has 0 saturated heterocycles. The number of esters is 1. The van der Waals surface area contributed by atoms with Crippen molar-refractivity contribution in [1.29, 1.82) is 0 Å². The predicted molar refractivity (Wildman–Crippen MR) is 79.5 cm³/mol. The van der Waals surface area contributed by atoms with Crippen LogP contribution in [0.1, 0.15) is 15.9 Å². The lowest BCUT2D eigenvalue weighted by Crippen LogP contribution is -2.09. The van der Waals surface area contributed by atoms with Gasteiger partial charge in [-0.1, -0.05) is 6.07 Å². The zero-order valence-electron chi connectivity index (χ0n) is 12.1. The quantitative estimate of drug-likeness (QED) is 0.782. The van der Waals surface area contributed by atoms with E-state index in [1.807, 2.05) is 0 Å². The molecule has 0 atom stereocenters. The average Bonchev–Trinajstić information content (AvgIpc) is 2.54. The van der Waals surface area contributed by atoms with E-state index in [-0.39, 0.29) is 22.0 Å². The highest BCUT2D eigenvalue weighted by atomic mass is 32.2. The number of nitrogens with zero attached hydrogens (tertiary/aromatic N) is 1. The number of pyridine rings is 1. The first kappa shape index (κ1) is 16.0. The fraction of sp³-hybridized carbons (Fsp3) is 0.200. The van der Waals surface area contributed by atoms with Gasteiger partial charge in [0.15, 0.2) is 9.84 Å². The van der Waals surface area contributed by atoms with Crippen molar-refractivity contribution in [2.24, 2.45) is 0 Å². The Labute approximate surface area is 128 Å². The minimum Gasteiger partial charge on any atom is -0.495 e. The van der Waals surface area contributed by atoms with Crippen LogP contribution < -0.4 is 4.74 Å². The molecule has 0 aliphatic heterocycles. The van der Waals surface area contributed by atoms with Gasteiger partial charge in [-0.25, -0.2) is 13.2 Å². The lowest BCUT2D eigenvalue weighted by molar-refractivity contribution is 0.0600. The van der Waals surface area contributed by atoms with Gasteiger partial charge in [0.2, 0.25) is 0 Å². The molecule has 0 radical (unpaired) electrons. The summed E-state index contributed by atoms with van der Waals surface area (Å²) in [6.45, 7) is 0. The maximum atomic E-state index is 12.6.